The number of hydrogen-bond donors (Lipinski definition) is 0. The zero-order valence-corrected chi connectivity index (χ0v) is 31.0. The summed E-state index contributed by atoms with van der Waals surface area (Å²) in [5.74, 6) is 1.93. The van der Waals surface area contributed by atoms with Gasteiger partial charge >= 0.3 is 0 Å². The smallest absolute Gasteiger partial charge is 0.164 e. The summed E-state index contributed by atoms with van der Waals surface area (Å²) in [4.78, 5) is 14.8. The molecule has 10 aromatic rings. The Morgan fingerprint density at radius 3 is 1.57 bits per heavy atom. The van der Waals surface area contributed by atoms with Gasteiger partial charge < -0.3 is 4.42 Å². The second kappa shape index (κ2) is 12.4. The number of aromatic nitrogens is 3. The Morgan fingerprint density at radius 1 is 0.357 bits per heavy atom. The van der Waals surface area contributed by atoms with Gasteiger partial charge in [0.1, 0.15) is 11.2 Å². The van der Waals surface area contributed by atoms with Crippen molar-refractivity contribution >= 4 is 32.7 Å². The molecule has 0 amide bonds. The van der Waals surface area contributed by atoms with Crippen LogP contribution in [-0.4, -0.2) is 15.0 Å². The molecule has 1 aliphatic carbocycles. The molecule has 2 heterocycles. The Kier molecular flexibility index (Phi) is 7.17. The van der Waals surface area contributed by atoms with E-state index >= 15 is 0 Å². The van der Waals surface area contributed by atoms with Crippen LogP contribution in [-0.2, 0) is 5.41 Å². The summed E-state index contributed by atoms with van der Waals surface area (Å²) in [6, 6.07) is 61.9. The Balaban J connectivity index is 0.995. The van der Waals surface area contributed by atoms with Crippen LogP contribution in [0.15, 0.2) is 180 Å². The molecule has 8 aromatic carbocycles. The molecule has 4 nitrogen and oxygen atoms in total. The molecule has 0 aliphatic heterocycles. The molecule has 11 rings (SSSR count). The van der Waals surface area contributed by atoms with E-state index in [0.29, 0.717) is 17.5 Å². The lowest BCUT2D eigenvalue weighted by Gasteiger charge is -2.22. The van der Waals surface area contributed by atoms with Crippen LogP contribution < -0.4 is 0 Å². The fraction of sp³-hybridized carbons (Fsp3) is 0.0577. The topological polar surface area (TPSA) is 51.8 Å². The predicted molar refractivity (Wildman–Crippen MR) is 229 cm³/mol. The molecule has 4 heteroatoms. The molecule has 1 aliphatic rings. The predicted octanol–water partition coefficient (Wildman–Crippen LogP) is 13.6. The number of rotatable bonds is 5. The lowest BCUT2D eigenvalue weighted by molar-refractivity contribution is 0.660. The van der Waals surface area contributed by atoms with E-state index in [4.69, 9.17) is 19.4 Å². The van der Waals surface area contributed by atoms with Crippen LogP contribution in [0.4, 0.5) is 0 Å². The van der Waals surface area contributed by atoms with Crippen molar-refractivity contribution in [2.24, 2.45) is 0 Å². The van der Waals surface area contributed by atoms with Crippen LogP contribution in [0.5, 0.6) is 0 Å². The Morgan fingerprint density at radius 2 is 0.875 bits per heavy atom. The maximum atomic E-state index is 6.75. The molecular formula is C52H35N3O. The van der Waals surface area contributed by atoms with E-state index in [1.807, 2.05) is 60.7 Å². The van der Waals surface area contributed by atoms with E-state index in [9.17, 15) is 0 Å². The first-order valence-corrected chi connectivity index (χ1v) is 19.1. The van der Waals surface area contributed by atoms with E-state index < -0.39 is 0 Å². The molecule has 0 fully saturated rings. The van der Waals surface area contributed by atoms with Crippen molar-refractivity contribution in [1.82, 2.24) is 15.0 Å². The molecule has 0 N–H and O–H groups in total. The molecule has 56 heavy (non-hydrogen) atoms. The first-order chi connectivity index (χ1) is 27.5. The summed E-state index contributed by atoms with van der Waals surface area (Å²) in [7, 11) is 0. The highest BCUT2D eigenvalue weighted by atomic mass is 16.3. The molecule has 0 saturated carbocycles. The van der Waals surface area contributed by atoms with Gasteiger partial charge in [0.05, 0.1) is 0 Å². The highest BCUT2D eigenvalue weighted by Gasteiger charge is 2.35. The van der Waals surface area contributed by atoms with Gasteiger partial charge in [-0.2, -0.15) is 0 Å². The van der Waals surface area contributed by atoms with Crippen molar-refractivity contribution in [3.05, 3.63) is 187 Å². The largest absolute Gasteiger partial charge is 0.455 e. The van der Waals surface area contributed by atoms with E-state index in [1.165, 1.54) is 27.8 Å². The van der Waals surface area contributed by atoms with Crippen LogP contribution >= 0.6 is 0 Å². The van der Waals surface area contributed by atoms with Crippen LogP contribution in [0.3, 0.4) is 0 Å². The van der Waals surface area contributed by atoms with Gasteiger partial charge in [0.2, 0.25) is 0 Å². The molecule has 0 saturated heterocycles. The highest BCUT2D eigenvalue weighted by Crippen LogP contribution is 2.50. The molecule has 0 radical (unpaired) electrons. The first-order valence-electron chi connectivity index (χ1n) is 19.1. The fourth-order valence-corrected chi connectivity index (χ4v) is 8.64. The monoisotopic (exact) mass is 717 g/mol. The fourth-order valence-electron chi connectivity index (χ4n) is 8.64. The van der Waals surface area contributed by atoms with E-state index in [2.05, 4.69) is 129 Å². The Hall–Kier alpha value is -7.17. The van der Waals surface area contributed by atoms with Crippen LogP contribution in [0, 0.1) is 0 Å². The maximum absolute atomic E-state index is 6.75. The third kappa shape index (κ3) is 5.10. The molecule has 0 atom stereocenters. The number of hydrogen-bond acceptors (Lipinski definition) is 4. The lowest BCUT2D eigenvalue weighted by Crippen LogP contribution is -2.14. The van der Waals surface area contributed by atoms with Gasteiger partial charge in [-0.1, -0.05) is 166 Å². The van der Waals surface area contributed by atoms with Crippen molar-refractivity contribution in [3.8, 4) is 67.5 Å². The van der Waals surface area contributed by atoms with E-state index in [1.54, 1.807) is 0 Å². The van der Waals surface area contributed by atoms with E-state index in [0.717, 1.165) is 66.1 Å². The summed E-state index contributed by atoms with van der Waals surface area (Å²) < 4.78 is 6.75. The minimum atomic E-state index is -0.0551. The van der Waals surface area contributed by atoms with Gasteiger partial charge in [0, 0.05) is 38.3 Å². The third-order valence-corrected chi connectivity index (χ3v) is 11.5. The van der Waals surface area contributed by atoms with Crippen molar-refractivity contribution in [2.75, 3.05) is 0 Å². The van der Waals surface area contributed by atoms with Gasteiger partial charge in [0.25, 0.3) is 0 Å². The van der Waals surface area contributed by atoms with Crippen molar-refractivity contribution < 1.29 is 4.42 Å². The molecule has 0 spiro atoms. The van der Waals surface area contributed by atoms with Gasteiger partial charge in [0.15, 0.2) is 17.5 Å². The van der Waals surface area contributed by atoms with Gasteiger partial charge in [-0.15, -0.1) is 0 Å². The average Bonchev–Trinajstić information content (AvgIpc) is 3.75. The molecular weight excluding hydrogens is 683 g/mol. The lowest BCUT2D eigenvalue weighted by atomic mass is 9.81. The number of furan rings is 1. The average molecular weight is 718 g/mol. The molecule has 0 unspecified atom stereocenters. The summed E-state index contributed by atoms with van der Waals surface area (Å²) in [5.41, 5.74) is 14.6. The minimum absolute atomic E-state index is 0.0551. The SMILES string of the molecule is CC1(C)c2ccccc2-c2ccc(-c3ccc4c(c3)oc3c5ccccc5c(-c5ccc(-c6nc(-c7ccccc7)nc(-c7ccccc7)n6)cc5)cc43)cc21. The number of benzene rings is 8. The van der Waals surface area contributed by atoms with Gasteiger partial charge in [-0.3, -0.25) is 0 Å². The summed E-state index contributed by atoms with van der Waals surface area (Å²) in [5, 5.41) is 4.45. The van der Waals surface area contributed by atoms with E-state index in [-0.39, 0.29) is 5.41 Å². The number of nitrogens with zero attached hydrogens (tertiary/aromatic N) is 3. The maximum Gasteiger partial charge on any atom is 0.164 e. The zero-order valence-electron chi connectivity index (χ0n) is 31.0. The third-order valence-electron chi connectivity index (χ3n) is 11.5. The standard InChI is InChI=1S/C52H35N3O/c1-52(2)45-20-12-11-18-39(45)40-27-25-36(29-46(40)52)37-26-28-41-44-31-43(38-17-9-10-19-42(38)48(44)56-47(41)30-37)32-21-23-35(24-22-32)51-54-49(33-13-5-3-6-14-33)53-50(55-51)34-15-7-4-8-16-34/h3-31H,1-2H3. The van der Waals surface area contributed by atoms with Crippen LogP contribution in [0.25, 0.3) is 100 Å². The first kappa shape index (κ1) is 32.3. The second-order valence-electron chi connectivity index (χ2n) is 15.2. The normalized spacial score (nSPS) is 13.0. The molecule has 0 bridgehead atoms. The summed E-state index contributed by atoms with van der Waals surface area (Å²) >= 11 is 0. The Labute approximate surface area is 324 Å². The van der Waals surface area contributed by atoms with Crippen LogP contribution in [0.1, 0.15) is 25.0 Å². The summed E-state index contributed by atoms with van der Waals surface area (Å²) in [6.45, 7) is 4.66. The quantitative estimate of drug-likeness (QED) is 0.178. The molecule has 2 aromatic heterocycles. The molecule has 264 valence electrons. The van der Waals surface area contributed by atoms with Gasteiger partial charge in [-0.25, -0.2) is 15.0 Å². The Bertz CT molecular complexity index is 3090. The minimum Gasteiger partial charge on any atom is -0.455 e. The van der Waals surface area contributed by atoms with Crippen molar-refractivity contribution in [1.29, 1.82) is 0 Å². The second-order valence-corrected chi connectivity index (χ2v) is 15.2. The highest BCUT2D eigenvalue weighted by molar-refractivity contribution is 6.19. The number of fused-ring (bicyclic) bond motifs is 8. The van der Waals surface area contributed by atoms with Gasteiger partial charge in [-0.05, 0) is 74.2 Å². The van der Waals surface area contributed by atoms with Crippen LogP contribution in [0.2, 0.25) is 0 Å². The summed E-state index contributed by atoms with van der Waals surface area (Å²) in [6.07, 6.45) is 0. The van der Waals surface area contributed by atoms with Crippen molar-refractivity contribution in [2.45, 2.75) is 19.3 Å². The zero-order chi connectivity index (χ0) is 37.4. The van der Waals surface area contributed by atoms with Crippen molar-refractivity contribution in [3.63, 3.8) is 0 Å².